The molecule has 2 rings (SSSR count). The van der Waals surface area contributed by atoms with Gasteiger partial charge in [0.2, 0.25) is 0 Å². The zero-order valence-corrected chi connectivity index (χ0v) is 13.5. The van der Waals surface area contributed by atoms with Crippen LogP contribution in [-0.2, 0) is 13.1 Å². The molecule has 1 aromatic carbocycles. The van der Waals surface area contributed by atoms with Crippen LogP contribution >= 0.6 is 0 Å². The highest BCUT2D eigenvalue weighted by Gasteiger charge is 2.09. The molecule has 3 heteroatoms. The van der Waals surface area contributed by atoms with E-state index in [9.17, 15) is 0 Å². The van der Waals surface area contributed by atoms with Crippen molar-refractivity contribution in [3.63, 3.8) is 0 Å². The van der Waals surface area contributed by atoms with Crippen LogP contribution in [0.3, 0.4) is 0 Å². The predicted molar refractivity (Wildman–Crippen MR) is 88.6 cm³/mol. The number of benzene rings is 1. The molecule has 0 aliphatic carbocycles. The van der Waals surface area contributed by atoms with Crippen LogP contribution in [0.5, 0.6) is 0 Å². The second kappa shape index (κ2) is 7.32. The van der Waals surface area contributed by atoms with E-state index in [4.69, 9.17) is 4.42 Å². The predicted octanol–water partition coefficient (Wildman–Crippen LogP) is 4.11. The van der Waals surface area contributed by atoms with Gasteiger partial charge in [-0.05, 0) is 37.6 Å². The molecule has 1 N–H and O–H groups in total. The number of rotatable bonds is 7. The Hall–Kier alpha value is -1.74. The van der Waals surface area contributed by atoms with Crippen molar-refractivity contribution in [2.24, 2.45) is 0 Å². The van der Waals surface area contributed by atoms with Crippen LogP contribution in [0.4, 0.5) is 5.69 Å². The highest BCUT2D eigenvalue weighted by Crippen LogP contribution is 2.19. The van der Waals surface area contributed by atoms with Crippen LogP contribution in [-0.4, -0.2) is 12.6 Å². The van der Waals surface area contributed by atoms with Crippen molar-refractivity contribution in [2.45, 2.75) is 46.8 Å². The van der Waals surface area contributed by atoms with Crippen molar-refractivity contribution < 1.29 is 4.42 Å². The molecule has 3 nitrogen and oxygen atoms in total. The van der Waals surface area contributed by atoms with Gasteiger partial charge in [-0.2, -0.15) is 0 Å². The van der Waals surface area contributed by atoms with E-state index in [2.05, 4.69) is 68.2 Å². The van der Waals surface area contributed by atoms with E-state index in [0.717, 1.165) is 25.4 Å². The molecule has 0 saturated heterocycles. The van der Waals surface area contributed by atoms with Crippen LogP contribution < -0.4 is 10.2 Å². The SMILES string of the molecule is CCN(Cc1cc(CNC(C)C)co1)c1cccc(C)c1. The van der Waals surface area contributed by atoms with Crippen molar-refractivity contribution in [2.75, 3.05) is 11.4 Å². The van der Waals surface area contributed by atoms with Crippen molar-refractivity contribution in [1.82, 2.24) is 5.32 Å². The molecule has 0 aliphatic rings. The zero-order chi connectivity index (χ0) is 15.2. The molecule has 0 bridgehead atoms. The highest BCUT2D eigenvalue weighted by atomic mass is 16.3. The van der Waals surface area contributed by atoms with Gasteiger partial charge in [-0.15, -0.1) is 0 Å². The van der Waals surface area contributed by atoms with E-state index in [1.54, 1.807) is 0 Å². The van der Waals surface area contributed by atoms with Crippen LogP contribution in [0.2, 0.25) is 0 Å². The minimum absolute atomic E-state index is 0.489. The molecule has 0 unspecified atom stereocenters. The molecule has 0 saturated carbocycles. The van der Waals surface area contributed by atoms with Crippen molar-refractivity contribution in [3.05, 3.63) is 53.5 Å². The molecule has 2 aromatic rings. The van der Waals surface area contributed by atoms with Crippen LogP contribution in [0.25, 0.3) is 0 Å². The topological polar surface area (TPSA) is 28.4 Å². The first-order valence-electron chi connectivity index (χ1n) is 7.69. The van der Waals surface area contributed by atoms with Crippen molar-refractivity contribution >= 4 is 5.69 Å². The Kier molecular flexibility index (Phi) is 5.45. The lowest BCUT2D eigenvalue weighted by Crippen LogP contribution is -2.22. The van der Waals surface area contributed by atoms with Crippen LogP contribution in [0.15, 0.2) is 41.0 Å². The molecule has 0 spiro atoms. The molecule has 0 radical (unpaired) electrons. The fourth-order valence-corrected chi connectivity index (χ4v) is 2.32. The van der Waals surface area contributed by atoms with E-state index in [0.29, 0.717) is 6.04 Å². The first-order chi connectivity index (χ1) is 10.1. The van der Waals surface area contributed by atoms with E-state index in [-0.39, 0.29) is 0 Å². The third kappa shape index (κ3) is 4.64. The fraction of sp³-hybridized carbons (Fsp3) is 0.444. The van der Waals surface area contributed by atoms with Gasteiger partial charge in [-0.3, -0.25) is 0 Å². The summed E-state index contributed by atoms with van der Waals surface area (Å²) < 4.78 is 5.70. The Balaban J connectivity index is 2.02. The Labute approximate surface area is 128 Å². The third-order valence-corrected chi connectivity index (χ3v) is 3.52. The Bertz CT molecular complexity index is 560. The van der Waals surface area contributed by atoms with Gasteiger partial charge in [0, 0.05) is 30.4 Å². The lowest BCUT2D eigenvalue weighted by Gasteiger charge is -2.22. The van der Waals surface area contributed by atoms with Gasteiger partial charge >= 0.3 is 0 Å². The fourth-order valence-electron chi connectivity index (χ4n) is 2.32. The molecule has 1 aromatic heterocycles. The number of hydrogen-bond acceptors (Lipinski definition) is 3. The van der Waals surface area contributed by atoms with Gasteiger partial charge in [0.05, 0.1) is 12.8 Å². The molecular formula is C18H26N2O. The molecule has 1 heterocycles. The van der Waals surface area contributed by atoms with E-state index in [1.165, 1.54) is 16.8 Å². The maximum Gasteiger partial charge on any atom is 0.123 e. The number of nitrogens with zero attached hydrogens (tertiary/aromatic N) is 1. The monoisotopic (exact) mass is 286 g/mol. The summed E-state index contributed by atoms with van der Waals surface area (Å²) in [5, 5.41) is 3.41. The largest absolute Gasteiger partial charge is 0.467 e. The third-order valence-electron chi connectivity index (χ3n) is 3.52. The summed E-state index contributed by atoms with van der Waals surface area (Å²) in [5.74, 6) is 1.01. The van der Waals surface area contributed by atoms with E-state index in [1.807, 2.05) is 6.26 Å². The maximum absolute atomic E-state index is 5.70. The minimum Gasteiger partial charge on any atom is -0.467 e. The smallest absolute Gasteiger partial charge is 0.123 e. The average Bonchev–Trinajstić information content (AvgIpc) is 2.90. The molecule has 0 amide bonds. The summed E-state index contributed by atoms with van der Waals surface area (Å²) in [6.07, 6.45) is 1.86. The van der Waals surface area contributed by atoms with Gasteiger partial charge in [-0.25, -0.2) is 0 Å². The standard InChI is InChI=1S/C18H26N2O/c1-5-20(17-8-6-7-15(4)9-17)12-18-10-16(13-21-18)11-19-14(2)3/h6-10,13-14,19H,5,11-12H2,1-4H3. The number of hydrogen-bond donors (Lipinski definition) is 1. The number of anilines is 1. The molecule has 21 heavy (non-hydrogen) atoms. The summed E-state index contributed by atoms with van der Waals surface area (Å²) in [5.41, 5.74) is 3.74. The number of aryl methyl sites for hydroxylation is 1. The summed E-state index contributed by atoms with van der Waals surface area (Å²) in [7, 11) is 0. The van der Waals surface area contributed by atoms with Gasteiger partial charge < -0.3 is 14.6 Å². The first kappa shape index (κ1) is 15.6. The highest BCUT2D eigenvalue weighted by molar-refractivity contribution is 5.48. The van der Waals surface area contributed by atoms with Gasteiger partial charge in [0.25, 0.3) is 0 Å². The maximum atomic E-state index is 5.70. The Morgan fingerprint density at radius 2 is 2.05 bits per heavy atom. The number of furan rings is 1. The van der Waals surface area contributed by atoms with Crippen LogP contribution in [0.1, 0.15) is 37.7 Å². The van der Waals surface area contributed by atoms with Crippen molar-refractivity contribution in [3.8, 4) is 0 Å². The van der Waals surface area contributed by atoms with E-state index < -0.39 is 0 Å². The second-order valence-electron chi connectivity index (χ2n) is 5.81. The Morgan fingerprint density at radius 1 is 1.24 bits per heavy atom. The minimum atomic E-state index is 0.489. The lowest BCUT2D eigenvalue weighted by atomic mass is 10.2. The summed E-state index contributed by atoms with van der Waals surface area (Å²) in [6.45, 7) is 11.2. The molecule has 0 aliphatic heterocycles. The lowest BCUT2D eigenvalue weighted by molar-refractivity contribution is 0.499. The van der Waals surface area contributed by atoms with Gasteiger partial charge in [-0.1, -0.05) is 26.0 Å². The Morgan fingerprint density at radius 3 is 2.71 bits per heavy atom. The zero-order valence-electron chi connectivity index (χ0n) is 13.5. The van der Waals surface area contributed by atoms with Gasteiger partial charge in [0.1, 0.15) is 5.76 Å². The summed E-state index contributed by atoms with van der Waals surface area (Å²) in [4.78, 5) is 2.32. The van der Waals surface area contributed by atoms with E-state index >= 15 is 0 Å². The number of nitrogens with one attached hydrogen (secondary N) is 1. The molecule has 0 fully saturated rings. The van der Waals surface area contributed by atoms with Crippen molar-refractivity contribution in [1.29, 1.82) is 0 Å². The molecule has 114 valence electrons. The summed E-state index contributed by atoms with van der Waals surface area (Å²) in [6, 6.07) is 11.2. The molecular weight excluding hydrogens is 260 g/mol. The first-order valence-corrected chi connectivity index (χ1v) is 7.69. The summed E-state index contributed by atoms with van der Waals surface area (Å²) >= 11 is 0. The van der Waals surface area contributed by atoms with Crippen LogP contribution in [0, 0.1) is 6.92 Å². The molecule has 0 atom stereocenters. The van der Waals surface area contributed by atoms with Gasteiger partial charge in [0.15, 0.2) is 0 Å². The normalized spacial score (nSPS) is 11.1. The quantitative estimate of drug-likeness (QED) is 0.830. The second-order valence-corrected chi connectivity index (χ2v) is 5.81. The average molecular weight is 286 g/mol.